The standard InChI is InChI=1S/C15H9F2NO2S/c16-11-6-9(15(19)20)7-12(17)14(11)18-10-1-2-13-8(5-10)3-4-21-13/h1-7,18H,(H,19,20). The molecule has 0 saturated heterocycles. The minimum atomic E-state index is -1.38. The molecular weight excluding hydrogens is 296 g/mol. The maximum absolute atomic E-state index is 13.8. The van der Waals surface area contributed by atoms with Gasteiger partial charge >= 0.3 is 5.97 Å². The average Bonchev–Trinajstić information content (AvgIpc) is 2.90. The van der Waals surface area contributed by atoms with Gasteiger partial charge in [-0.2, -0.15) is 0 Å². The first-order valence-electron chi connectivity index (χ1n) is 6.01. The highest BCUT2D eigenvalue weighted by Crippen LogP contribution is 2.28. The van der Waals surface area contributed by atoms with Gasteiger partial charge < -0.3 is 10.4 Å². The molecule has 0 saturated carbocycles. The van der Waals surface area contributed by atoms with Crippen LogP contribution in [0.4, 0.5) is 20.2 Å². The number of thiophene rings is 1. The maximum atomic E-state index is 13.8. The van der Waals surface area contributed by atoms with Crippen molar-refractivity contribution in [1.82, 2.24) is 0 Å². The molecule has 0 bridgehead atoms. The molecule has 1 aromatic heterocycles. The van der Waals surface area contributed by atoms with Crippen molar-refractivity contribution in [2.75, 3.05) is 5.32 Å². The Kier molecular flexibility index (Phi) is 3.31. The summed E-state index contributed by atoms with van der Waals surface area (Å²) in [5, 5.41) is 14.3. The van der Waals surface area contributed by atoms with Crippen LogP contribution in [0, 0.1) is 11.6 Å². The highest BCUT2D eigenvalue weighted by atomic mass is 32.1. The van der Waals surface area contributed by atoms with Gasteiger partial charge in [0.2, 0.25) is 0 Å². The fraction of sp³-hybridized carbons (Fsp3) is 0. The quantitative estimate of drug-likeness (QED) is 0.742. The van der Waals surface area contributed by atoms with E-state index in [9.17, 15) is 13.6 Å². The van der Waals surface area contributed by atoms with E-state index in [0.717, 1.165) is 22.2 Å². The summed E-state index contributed by atoms with van der Waals surface area (Å²) in [6.07, 6.45) is 0. The Bertz CT molecular complexity index is 822. The summed E-state index contributed by atoms with van der Waals surface area (Å²) in [7, 11) is 0. The third-order valence-corrected chi connectivity index (χ3v) is 3.91. The normalized spacial score (nSPS) is 10.8. The van der Waals surface area contributed by atoms with Crippen LogP contribution in [0.25, 0.3) is 10.1 Å². The van der Waals surface area contributed by atoms with E-state index < -0.39 is 23.2 Å². The summed E-state index contributed by atoms with van der Waals surface area (Å²) in [5.41, 5.74) is -0.264. The number of rotatable bonds is 3. The van der Waals surface area contributed by atoms with Crippen molar-refractivity contribution in [2.45, 2.75) is 0 Å². The van der Waals surface area contributed by atoms with Crippen molar-refractivity contribution >= 4 is 38.8 Å². The van der Waals surface area contributed by atoms with E-state index in [1.807, 2.05) is 17.5 Å². The number of carboxylic acid groups (broad SMARTS) is 1. The third-order valence-electron chi connectivity index (χ3n) is 3.01. The Morgan fingerprint density at radius 3 is 2.48 bits per heavy atom. The molecule has 106 valence electrons. The fourth-order valence-electron chi connectivity index (χ4n) is 2.00. The summed E-state index contributed by atoms with van der Waals surface area (Å²) >= 11 is 1.57. The van der Waals surface area contributed by atoms with Crippen molar-refractivity contribution in [2.24, 2.45) is 0 Å². The molecule has 3 aromatic rings. The molecule has 21 heavy (non-hydrogen) atoms. The molecule has 0 aliphatic rings. The summed E-state index contributed by atoms with van der Waals surface area (Å²) in [6, 6.07) is 8.82. The van der Waals surface area contributed by atoms with E-state index in [-0.39, 0.29) is 5.69 Å². The SMILES string of the molecule is O=C(O)c1cc(F)c(Nc2ccc3sccc3c2)c(F)c1. The third kappa shape index (κ3) is 2.57. The molecule has 3 nitrogen and oxygen atoms in total. The molecule has 2 N–H and O–H groups in total. The minimum absolute atomic E-state index is 0.366. The van der Waals surface area contributed by atoms with E-state index in [1.54, 1.807) is 23.5 Å². The Morgan fingerprint density at radius 2 is 1.81 bits per heavy atom. The monoisotopic (exact) mass is 305 g/mol. The van der Waals surface area contributed by atoms with Crippen LogP contribution in [0.3, 0.4) is 0 Å². The van der Waals surface area contributed by atoms with E-state index >= 15 is 0 Å². The number of anilines is 2. The zero-order chi connectivity index (χ0) is 15.0. The lowest BCUT2D eigenvalue weighted by molar-refractivity contribution is 0.0696. The molecule has 0 amide bonds. The summed E-state index contributed by atoms with van der Waals surface area (Å²) in [6.45, 7) is 0. The Labute approximate surface area is 122 Å². The number of aromatic carboxylic acids is 1. The molecule has 0 fully saturated rings. The van der Waals surface area contributed by atoms with Crippen molar-refractivity contribution in [3.63, 3.8) is 0 Å². The first-order valence-corrected chi connectivity index (χ1v) is 6.89. The number of fused-ring (bicyclic) bond motifs is 1. The number of carbonyl (C=O) groups is 1. The molecule has 6 heteroatoms. The number of nitrogens with one attached hydrogen (secondary N) is 1. The van der Waals surface area contributed by atoms with Gasteiger partial charge in [0.25, 0.3) is 0 Å². The molecule has 3 rings (SSSR count). The van der Waals surface area contributed by atoms with E-state index in [1.165, 1.54) is 0 Å². The highest BCUT2D eigenvalue weighted by molar-refractivity contribution is 7.17. The number of benzene rings is 2. The zero-order valence-corrected chi connectivity index (χ0v) is 11.4. The number of carboxylic acids is 1. The lowest BCUT2D eigenvalue weighted by Gasteiger charge is -2.10. The van der Waals surface area contributed by atoms with Gasteiger partial charge in [-0.05, 0) is 47.2 Å². The van der Waals surface area contributed by atoms with Crippen LogP contribution in [-0.4, -0.2) is 11.1 Å². The van der Waals surface area contributed by atoms with Gasteiger partial charge in [-0.15, -0.1) is 11.3 Å². The van der Waals surface area contributed by atoms with Gasteiger partial charge in [-0.25, -0.2) is 13.6 Å². The van der Waals surface area contributed by atoms with Gasteiger partial charge in [0.05, 0.1) is 5.56 Å². The van der Waals surface area contributed by atoms with E-state index in [4.69, 9.17) is 5.11 Å². The van der Waals surface area contributed by atoms with Crippen molar-refractivity contribution in [3.8, 4) is 0 Å². The Morgan fingerprint density at radius 1 is 1.10 bits per heavy atom. The number of hydrogen-bond acceptors (Lipinski definition) is 3. The van der Waals surface area contributed by atoms with Crippen LogP contribution in [0.15, 0.2) is 41.8 Å². The second-order valence-electron chi connectivity index (χ2n) is 4.42. The molecular formula is C15H9F2NO2S. The number of halogens is 2. The maximum Gasteiger partial charge on any atom is 0.335 e. The van der Waals surface area contributed by atoms with Crippen molar-refractivity contribution in [1.29, 1.82) is 0 Å². The van der Waals surface area contributed by atoms with Crippen molar-refractivity contribution < 1.29 is 18.7 Å². The fourth-order valence-corrected chi connectivity index (χ4v) is 2.78. The van der Waals surface area contributed by atoms with E-state index in [0.29, 0.717) is 5.69 Å². The van der Waals surface area contributed by atoms with Crippen LogP contribution in [0.2, 0.25) is 0 Å². The van der Waals surface area contributed by atoms with Crippen LogP contribution in [-0.2, 0) is 0 Å². The molecule has 0 radical (unpaired) electrons. The minimum Gasteiger partial charge on any atom is -0.478 e. The van der Waals surface area contributed by atoms with Crippen molar-refractivity contribution in [3.05, 3.63) is 59.0 Å². The van der Waals surface area contributed by atoms with Crippen LogP contribution < -0.4 is 5.32 Å². The second kappa shape index (κ2) is 5.14. The van der Waals surface area contributed by atoms with Gasteiger partial charge in [-0.1, -0.05) is 0 Å². The lowest BCUT2D eigenvalue weighted by atomic mass is 10.1. The van der Waals surface area contributed by atoms with Gasteiger partial charge in [0.1, 0.15) is 5.69 Å². The van der Waals surface area contributed by atoms with Crippen LogP contribution >= 0.6 is 11.3 Å². The molecule has 0 aliphatic heterocycles. The molecule has 0 aliphatic carbocycles. The second-order valence-corrected chi connectivity index (χ2v) is 5.37. The summed E-state index contributed by atoms with van der Waals surface area (Å²) in [5.74, 6) is -3.27. The Balaban J connectivity index is 1.99. The van der Waals surface area contributed by atoms with Gasteiger partial charge in [-0.3, -0.25) is 0 Å². The van der Waals surface area contributed by atoms with Gasteiger partial charge in [0, 0.05) is 10.4 Å². The zero-order valence-electron chi connectivity index (χ0n) is 10.6. The van der Waals surface area contributed by atoms with Crippen LogP contribution in [0.5, 0.6) is 0 Å². The molecule has 0 unspecified atom stereocenters. The predicted molar refractivity (Wildman–Crippen MR) is 78.4 cm³/mol. The smallest absolute Gasteiger partial charge is 0.335 e. The topological polar surface area (TPSA) is 49.3 Å². The molecule has 1 heterocycles. The number of hydrogen-bond donors (Lipinski definition) is 2. The average molecular weight is 305 g/mol. The first kappa shape index (κ1) is 13.5. The summed E-state index contributed by atoms with van der Waals surface area (Å²) in [4.78, 5) is 10.7. The molecule has 0 spiro atoms. The van der Waals surface area contributed by atoms with Gasteiger partial charge in [0.15, 0.2) is 11.6 Å². The molecule has 2 aromatic carbocycles. The largest absolute Gasteiger partial charge is 0.478 e. The Hall–Kier alpha value is -2.47. The predicted octanol–water partition coefficient (Wildman–Crippen LogP) is 4.62. The molecule has 0 atom stereocenters. The highest BCUT2D eigenvalue weighted by Gasteiger charge is 2.15. The summed E-state index contributed by atoms with van der Waals surface area (Å²) < 4.78 is 28.8. The van der Waals surface area contributed by atoms with Crippen LogP contribution in [0.1, 0.15) is 10.4 Å². The van der Waals surface area contributed by atoms with E-state index in [2.05, 4.69) is 5.32 Å². The lowest BCUT2D eigenvalue weighted by Crippen LogP contribution is -2.03. The first-order chi connectivity index (χ1) is 10.0.